The van der Waals surface area contributed by atoms with Crippen LogP contribution in [0.15, 0.2) is 41.4 Å². The van der Waals surface area contributed by atoms with E-state index in [1.807, 2.05) is 0 Å². The summed E-state index contributed by atoms with van der Waals surface area (Å²) in [7, 11) is -3.62. The molecule has 2 aromatic carbocycles. The van der Waals surface area contributed by atoms with Gasteiger partial charge in [0.15, 0.2) is 14.9 Å². The van der Waals surface area contributed by atoms with Crippen molar-refractivity contribution < 1.29 is 26.3 Å². The van der Waals surface area contributed by atoms with Crippen LogP contribution < -0.4 is 0 Å². The van der Waals surface area contributed by atoms with Gasteiger partial charge in [-0.05, 0) is 42.8 Å². The fourth-order valence-electron chi connectivity index (χ4n) is 2.79. The van der Waals surface area contributed by atoms with Crippen LogP contribution in [0.5, 0.6) is 0 Å². The fraction of sp³-hybridized carbons (Fsp3) is 0.211. The van der Waals surface area contributed by atoms with E-state index in [1.165, 1.54) is 19.1 Å². The molecule has 10 heteroatoms. The number of benzene rings is 2. The third-order valence-corrected chi connectivity index (χ3v) is 5.51. The molecule has 1 atom stereocenters. The maximum atomic E-state index is 13.9. The predicted octanol–water partition coefficient (Wildman–Crippen LogP) is 4.50. The summed E-state index contributed by atoms with van der Waals surface area (Å²) in [4.78, 5) is 6.92. The van der Waals surface area contributed by atoms with Crippen molar-refractivity contribution in [1.82, 2.24) is 9.97 Å². The van der Waals surface area contributed by atoms with Gasteiger partial charge in [0.2, 0.25) is 0 Å². The Morgan fingerprint density at radius 1 is 1.14 bits per heavy atom. The molecule has 0 bridgehead atoms. The molecule has 1 N–H and O–H groups in total. The van der Waals surface area contributed by atoms with Crippen LogP contribution in [-0.4, -0.2) is 24.6 Å². The number of halogens is 4. The van der Waals surface area contributed by atoms with Gasteiger partial charge in [-0.2, -0.15) is 0 Å². The number of aryl methyl sites for hydroxylation is 1. The van der Waals surface area contributed by atoms with Gasteiger partial charge in [0.05, 0.1) is 17.3 Å². The summed E-state index contributed by atoms with van der Waals surface area (Å²) >= 11 is 5.85. The van der Waals surface area contributed by atoms with Crippen molar-refractivity contribution >= 4 is 21.4 Å². The molecule has 0 aliphatic carbocycles. The van der Waals surface area contributed by atoms with Crippen molar-refractivity contribution in [2.24, 2.45) is 0 Å². The average molecular weight is 445 g/mol. The molecule has 0 radical (unpaired) electrons. The largest absolute Gasteiger partial charge is 0.361 e. The van der Waals surface area contributed by atoms with Crippen molar-refractivity contribution in [3.8, 4) is 0 Å². The Morgan fingerprint density at radius 2 is 1.83 bits per heavy atom. The number of rotatable bonds is 6. The first kappa shape index (κ1) is 21.4. The van der Waals surface area contributed by atoms with Gasteiger partial charge in [0.25, 0.3) is 0 Å². The topological polar surface area (TPSA) is 72.0 Å². The van der Waals surface area contributed by atoms with Gasteiger partial charge in [0.1, 0.15) is 29.4 Å². The minimum Gasteiger partial charge on any atom is -0.361 e. The van der Waals surface area contributed by atoms with Crippen LogP contribution in [0.4, 0.5) is 13.2 Å². The lowest BCUT2D eigenvalue weighted by Gasteiger charge is -2.17. The molecule has 0 saturated carbocycles. The summed E-state index contributed by atoms with van der Waals surface area (Å²) in [5, 5.41) is -0.356. The molecule has 0 spiro atoms. The summed E-state index contributed by atoms with van der Waals surface area (Å²) in [5.41, 5.74) is 0.582. The van der Waals surface area contributed by atoms with Crippen LogP contribution in [0.1, 0.15) is 28.7 Å². The van der Waals surface area contributed by atoms with Crippen LogP contribution in [0.25, 0.3) is 0 Å². The Hall–Kier alpha value is -2.36. The van der Waals surface area contributed by atoms with Crippen molar-refractivity contribution in [2.75, 3.05) is 6.26 Å². The summed E-state index contributed by atoms with van der Waals surface area (Å²) in [6.07, 6.45) is -0.0304. The molecule has 5 nitrogen and oxygen atoms in total. The zero-order chi connectivity index (χ0) is 21.3. The summed E-state index contributed by atoms with van der Waals surface area (Å²) in [6.45, 7) is 1.17. The normalized spacial score (nSPS) is 12.9. The molecule has 0 aliphatic heterocycles. The van der Waals surface area contributed by atoms with E-state index in [0.29, 0.717) is 5.56 Å². The fourth-order valence-corrected chi connectivity index (χ4v) is 3.85. The SMILES string of the molecule is Cc1[nH]c([C@H](OCc2cc(F)ccc2F)c2ccc(F)c(Cl)c2)nc1S(C)(=O)=O. The van der Waals surface area contributed by atoms with Gasteiger partial charge >= 0.3 is 0 Å². The quantitative estimate of drug-likeness (QED) is 0.607. The van der Waals surface area contributed by atoms with Gasteiger partial charge in [-0.3, -0.25) is 0 Å². The van der Waals surface area contributed by atoms with Gasteiger partial charge < -0.3 is 9.72 Å². The molecular formula is C19H16ClF3N2O3S. The molecular weight excluding hydrogens is 429 g/mol. The Labute approximate surface area is 170 Å². The molecule has 29 heavy (non-hydrogen) atoms. The number of hydrogen-bond donors (Lipinski definition) is 1. The van der Waals surface area contributed by atoms with Crippen LogP contribution in [0.2, 0.25) is 5.02 Å². The Bertz CT molecular complexity index is 1170. The molecule has 0 fully saturated rings. The first-order valence-corrected chi connectivity index (χ1v) is 10.6. The van der Waals surface area contributed by atoms with E-state index in [9.17, 15) is 21.6 Å². The Balaban J connectivity index is 2.02. The molecule has 0 aliphatic rings. The van der Waals surface area contributed by atoms with E-state index in [4.69, 9.17) is 16.3 Å². The van der Waals surface area contributed by atoms with E-state index in [1.54, 1.807) is 0 Å². The highest BCUT2D eigenvalue weighted by molar-refractivity contribution is 7.90. The lowest BCUT2D eigenvalue weighted by molar-refractivity contribution is 0.0594. The predicted molar refractivity (Wildman–Crippen MR) is 101 cm³/mol. The third-order valence-electron chi connectivity index (χ3n) is 4.12. The smallest absolute Gasteiger partial charge is 0.194 e. The van der Waals surface area contributed by atoms with Crippen LogP contribution in [-0.2, 0) is 21.2 Å². The maximum absolute atomic E-state index is 13.9. The number of sulfone groups is 1. The van der Waals surface area contributed by atoms with Crippen molar-refractivity contribution in [1.29, 1.82) is 0 Å². The second-order valence-electron chi connectivity index (χ2n) is 6.42. The molecule has 154 valence electrons. The van der Waals surface area contributed by atoms with Crippen molar-refractivity contribution in [3.05, 3.63) is 81.5 Å². The lowest BCUT2D eigenvalue weighted by atomic mass is 10.1. The lowest BCUT2D eigenvalue weighted by Crippen LogP contribution is -2.10. The zero-order valence-electron chi connectivity index (χ0n) is 15.3. The van der Waals surface area contributed by atoms with Gasteiger partial charge in [-0.1, -0.05) is 17.7 Å². The van der Waals surface area contributed by atoms with E-state index in [-0.39, 0.29) is 33.7 Å². The molecule has 3 aromatic rings. The minimum atomic E-state index is -3.62. The number of nitrogens with one attached hydrogen (secondary N) is 1. The number of aromatic nitrogens is 2. The standard InChI is InChI=1S/C19H16ClF3N2O3S/c1-10-19(29(2,26)27)25-18(24-10)17(11-3-5-16(23)14(20)8-11)28-9-12-7-13(21)4-6-15(12)22/h3-8,17H,9H2,1-2H3,(H,24,25)/t17-/m1/s1. The van der Waals surface area contributed by atoms with Crippen LogP contribution >= 0.6 is 11.6 Å². The maximum Gasteiger partial charge on any atom is 0.194 e. The first-order chi connectivity index (χ1) is 13.6. The van der Waals surface area contributed by atoms with Crippen molar-refractivity contribution in [2.45, 2.75) is 24.7 Å². The summed E-state index contributed by atoms with van der Waals surface area (Å²) in [6, 6.07) is 6.72. The van der Waals surface area contributed by atoms with Crippen LogP contribution in [0, 0.1) is 24.4 Å². The highest BCUT2D eigenvalue weighted by atomic mass is 35.5. The van der Waals surface area contributed by atoms with E-state index in [2.05, 4.69) is 9.97 Å². The van der Waals surface area contributed by atoms with Gasteiger partial charge in [-0.25, -0.2) is 26.6 Å². The molecule has 1 aromatic heterocycles. The first-order valence-electron chi connectivity index (χ1n) is 8.33. The molecule has 0 saturated heterocycles. The van der Waals surface area contributed by atoms with Gasteiger partial charge in [0, 0.05) is 11.8 Å². The average Bonchev–Trinajstić information content (AvgIpc) is 3.03. The Kier molecular flexibility index (Phi) is 6.02. The van der Waals surface area contributed by atoms with E-state index in [0.717, 1.165) is 30.5 Å². The molecule has 0 unspecified atom stereocenters. The summed E-state index contributed by atoms with van der Waals surface area (Å²) in [5.74, 6) is -1.87. The zero-order valence-corrected chi connectivity index (χ0v) is 16.9. The Morgan fingerprint density at radius 3 is 2.45 bits per heavy atom. The minimum absolute atomic E-state index is 0.0465. The van der Waals surface area contributed by atoms with E-state index < -0.39 is 33.4 Å². The highest BCUT2D eigenvalue weighted by Crippen LogP contribution is 2.30. The van der Waals surface area contributed by atoms with E-state index >= 15 is 0 Å². The summed E-state index contributed by atoms with van der Waals surface area (Å²) < 4.78 is 70.5. The van der Waals surface area contributed by atoms with Crippen molar-refractivity contribution in [3.63, 3.8) is 0 Å². The molecule has 3 rings (SSSR count). The number of aromatic amines is 1. The second kappa shape index (κ2) is 8.17. The highest BCUT2D eigenvalue weighted by Gasteiger charge is 2.25. The molecule has 0 amide bonds. The number of nitrogens with zero attached hydrogens (tertiary/aromatic N) is 1. The van der Waals surface area contributed by atoms with Crippen LogP contribution in [0.3, 0.4) is 0 Å². The number of ether oxygens (including phenoxy) is 1. The van der Waals surface area contributed by atoms with Gasteiger partial charge in [-0.15, -0.1) is 0 Å². The third kappa shape index (κ3) is 4.80. The number of H-pyrrole nitrogens is 1. The number of hydrogen-bond acceptors (Lipinski definition) is 4. The number of imidazole rings is 1. The molecule has 1 heterocycles. The second-order valence-corrected chi connectivity index (χ2v) is 8.76. The monoisotopic (exact) mass is 444 g/mol.